The molecule has 4 fully saturated rings. The van der Waals surface area contributed by atoms with E-state index in [0.29, 0.717) is 0 Å². The van der Waals surface area contributed by atoms with Gasteiger partial charge in [-0.15, -0.1) is 0 Å². The Bertz CT molecular complexity index is 353. The second kappa shape index (κ2) is 5.50. The van der Waals surface area contributed by atoms with Gasteiger partial charge in [0.2, 0.25) is 0 Å². The molecule has 1 spiro atoms. The first-order chi connectivity index (χ1) is 10.1. The lowest BCUT2D eigenvalue weighted by Gasteiger charge is -2.57. The van der Waals surface area contributed by atoms with Crippen molar-refractivity contribution in [1.29, 1.82) is 0 Å². The summed E-state index contributed by atoms with van der Waals surface area (Å²) < 4.78 is 0. The van der Waals surface area contributed by atoms with Gasteiger partial charge in [0.15, 0.2) is 0 Å². The van der Waals surface area contributed by atoms with Crippen LogP contribution in [0.2, 0.25) is 0 Å². The van der Waals surface area contributed by atoms with E-state index in [1.165, 1.54) is 77.8 Å². The first kappa shape index (κ1) is 14.5. The molecule has 4 rings (SSSR count). The van der Waals surface area contributed by atoms with Crippen molar-refractivity contribution in [2.75, 3.05) is 46.3 Å². The largest absolute Gasteiger partial charge is 0.303 e. The average Bonchev–Trinajstić information content (AvgIpc) is 2.43. The van der Waals surface area contributed by atoms with E-state index in [2.05, 4.69) is 28.7 Å². The van der Waals surface area contributed by atoms with Crippen LogP contribution in [0, 0.1) is 11.3 Å². The smallest absolute Gasteiger partial charge is 0.0350 e. The van der Waals surface area contributed by atoms with Gasteiger partial charge in [-0.1, -0.05) is 6.92 Å². The van der Waals surface area contributed by atoms with Crippen LogP contribution < -0.4 is 0 Å². The second-order valence-electron chi connectivity index (χ2n) is 8.69. The molecule has 3 nitrogen and oxygen atoms in total. The van der Waals surface area contributed by atoms with Crippen LogP contribution in [-0.4, -0.2) is 73.1 Å². The Balaban J connectivity index is 1.22. The number of piperidine rings is 2. The van der Waals surface area contributed by atoms with E-state index in [1.807, 2.05) is 0 Å². The molecule has 3 heteroatoms. The molecule has 21 heavy (non-hydrogen) atoms. The number of likely N-dealkylation sites (tertiary alicyclic amines) is 3. The minimum atomic E-state index is 0.750. The van der Waals surface area contributed by atoms with E-state index in [-0.39, 0.29) is 0 Å². The molecule has 3 saturated heterocycles. The molecule has 0 radical (unpaired) electrons. The molecule has 0 bridgehead atoms. The van der Waals surface area contributed by atoms with Gasteiger partial charge < -0.3 is 9.80 Å². The molecule has 0 amide bonds. The Hall–Kier alpha value is -0.120. The molecule has 3 heterocycles. The molecule has 0 N–H and O–H groups in total. The first-order valence-corrected chi connectivity index (χ1v) is 9.30. The lowest BCUT2D eigenvalue weighted by atomic mass is 9.59. The summed E-state index contributed by atoms with van der Waals surface area (Å²) in [6, 6.07) is 1.82. The summed E-state index contributed by atoms with van der Waals surface area (Å²) in [7, 11) is 2.25. The van der Waals surface area contributed by atoms with Crippen LogP contribution in [0.25, 0.3) is 0 Å². The molecule has 3 aliphatic heterocycles. The summed E-state index contributed by atoms with van der Waals surface area (Å²) in [5.41, 5.74) is 0.750. The van der Waals surface area contributed by atoms with E-state index in [4.69, 9.17) is 0 Å². The van der Waals surface area contributed by atoms with Crippen LogP contribution in [0.3, 0.4) is 0 Å². The summed E-state index contributed by atoms with van der Waals surface area (Å²) in [5.74, 6) is 0.971. The zero-order valence-electron chi connectivity index (χ0n) is 14.1. The summed E-state index contributed by atoms with van der Waals surface area (Å²) in [6.07, 6.45) is 8.86. The third-order valence-electron chi connectivity index (χ3n) is 7.09. The van der Waals surface area contributed by atoms with Crippen molar-refractivity contribution >= 4 is 0 Å². The Morgan fingerprint density at radius 3 is 1.95 bits per heavy atom. The van der Waals surface area contributed by atoms with Crippen LogP contribution in [0.4, 0.5) is 0 Å². The van der Waals surface area contributed by atoms with E-state index >= 15 is 0 Å². The maximum Gasteiger partial charge on any atom is 0.0350 e. The Morgan fingerprint density at radius 1 is 0.810 bits per heavy atom. The molecular formula is C18H33N3. The van der Waals surface area contributed by atoms with Crippen molar-refractivity contribution in [3.05, 3.63) is 0 Å². The highest BCUT2D eigenvalue weighted by atomic mass is 15.3. The van der Waals surface area contributed by atoms with Crippen molar-refractivity contribution in [1.82, 2.24) is 14.7 Å². The first-order valence-electron chi connectivity index (χ1n) is 9.30. The molecule has 1 saturated carbocycles. The van der Waals surface area contributed by atoms with Gasteiger partial charge in [0.1, 0.15) is 0 Å². The normalized spacial score (nSPS) is 34.0. The van der Waals surface area contributed by atoms with Crippen LogP contribution >= 0.6 is 0 Å². The topological polar surface area (TPSA) is 9.72 Å². The van der Waals surface area contributed by atoms with Crippen molar-refractivity contribution in [2.45, 2.75) is 57.5 Å². The highest BCUT2D eigenvalue weighted by Gasteiger charge is 2.48. The predicted molar refractivity (Wildman–Crippen MR) is 87.5 cm³/mol. The lowest BCUT2D eigenvalue weighted by molar-refractivity contribution is -0.0695. The maximum absolute atomic E-state index is 2.82. The molecule has 0 aromatic carbocycles. The minimum absolute atomic E-state index is 0.750. The molecule has 0 unspecified atom stereocenters. The standard InChI is InChI=1S/C18H33N3/c1-15-3-7-20(8-4-15)16-11-18(12-16)5-9-21(10-6-18)17-13-19(2)14-17/h15-17H,3-14H2,1-2H3. The number of nitrogens with zero attached hydrogens (tertiary/aromatic N) is 3. The zero-order chi connectivity index (χ0) is 14.4. The maximum atomic E-state index is 2.82. The van der Waals surface area contributed by atoms with Crippen molar-refractivity contribution < 1.29 is 0 Å². The molecule has 0 aromatic rings. The van der Waals surface area contributed by atoms with Gasteiger partial charge in [0.25, 0.3) is 0 Å². The van der Waals surface area contributed by atoms with Crippen LogP contribution in [0.1, 0.15) is 45.4 Å². The SMILES string of the molecule is CC1CCN(C2CC3(CCN(C4CN(C)C4)CC3)C2)CC1. The third kappa shape index (κ3) is 2.77. The lowest BCUT2D eigenvalue weighted by Crippen LogP contribution is -2.62. The average molecular weight is 291 g/mol. The minimum Gasteiger partial charge on any atom is -0.303 e. The Kier molecular flexibility index (Phi) is 3.79. The highest BCUT2D eigenvalue weighted by molar-refractivity contribution is 5.03. The number of hydrogen-bond donors (Lipinski definition) is 0. The number of hydrogen-bond acceptors (Lipinski definition) is 3. The van der Waals surface area contributed by atoms with Crippen LogP contribution in [-0.2, 0) is 0 Å². The van der Waals surface area contributed by atoms with Gasteiger partial charge in [-0.2, -0.15) is 0 Å². The number of likely N-dealkylation sites (N-methyl/N-ethyl adjacent to an activating group) is 1. The van der Waals surface area contributed by atoms with Crippen molar-refractivity contribution in [3.63, 3.8) is 0 Å². The fraction of sp³-hybridized carbons (Fsp3) is 1.00. The van der Waals surface area contributed by atoms with E-state index < -0.39 is 0 Å². The number of rotatable bonds is 2. The summed E-state index contributed by atoms with van der Waals surface area (Å²) >= 11 is 0. The summed E-state index contributed by atoms with van der Waals surface area (Å²) in [5, 5.41) is 0. The van der Waals surface area contributed by atoms with Gasteiger partial charge in [0.05, 0.1) is 0 Å². The summed E-state index contributed by atoms with van der Waals surface area (Å²) in [6.45, 7) is 10.5. The Morgan fingerprint density at radius 2 is 1.38 bits per heavy atom. The van der Waals surface area contributed by atoms with Crippen LogP contribution in [0.15, 0.2) is 0 Å². The molecule has 1 aliphatic carbocycles. The third-order valence-corrected chi connectivity index (χ3v) is 7.09. The quantitative estimate of drug-likeness (QED) is 0.773. The van der Waals surface area contributed by atoms with Gasteiger partial charge in [-0.05, 0) is 83.1 Å². The molecule has 120 valence electrons. The van der Waals surface area contributed by atoms with Crippen molar-refractivity contribution in [3.8, 4) is 0 Å². The zero-order valence-corrected chi connectivity index (χ0v) is 14.1. The molecular weight excluding hydrogens is 258 g/mol. The van der Waals surface area contributed by atoms with Gasteiger partial charge >= 0.3 is 0 Å². The molecule has 4 aliphatic rings. The van der Waals surface area contributed by atoms with E-state index in [9.17, 15) is 0 Å². The second-order valence-corrected chi connectivity index (χ2v) is 8.69. The van der Waals surface area contributed by atoms with Gasteiger partial charge in [0, 0.05) is 25.2 Å². The predicted octanol–water partition coefficient (Wildman–Crippen LogP) is 2.28. The van der Waals surface area contributed by atoms with E-state index in [0.717, 1.165) is 23.4 Å². The monoisotopic (exact) mass is 291 g/mol. The fourth-order valence-electron chi connectivity index (χ4n) is 5.26. The van der Waals surface area contributed by atoms with Crippen molar-refractivity contribution in [2.24, 2.45) is 11.3 Å². The van der Waals surface area contributed by atoms with E-state index in [1.54, 1.807) is 0 Å². The van der Waals surface area contributed by atoms with Crippen LogP contribution in [0.5, 0.6) is 0 Å². The highest BCUT2D eigenvalue weighted by Crippen LogP contribution is 2.51. The molecule has 0 atom stereocenters. The van der Waals surface area contributed by atoms with Gasteiger partial charge in [-0.25, -0.2) is 0 Å². The van der Waals surface area contributed by atoms with Gasteiger partial charge in [-0.3, -0.25) is 4.90 Å². The fourth-order valence-corrected chi connectivity index (χ4v) is 5.26. The molecule has 0 aromatic heterocycles. The summed E-state index contributed by atoms with van der Waals surface area (Å²) in [4.78, 5) is 8.05. The Labute approximate surface area is 130 Å².